The Morgan fingerprint density at radius 3 is 2.44 bits per heavy atom. The van der Waals surface area contributed by atoms with Crippen molar-refractivity contribution in [3.05, 3.63) is 46.2 Å². The number of aliphatic hydroxyl groups excluding tert-OH is 1. The number of aliphatic hydroxyl groups is 1. The Morgan fingerprint density at radius 2 is 1.94 bits per heavy atom. The molecule has 1 N–H and O–H groups in total. The summed E-state index contributed by atoms with van der Waals surface area (Å²) in [5, 5.41) is 14.1. The molecular weight excluding hydrogens is 292 g/mol. The predicted octanol–water partition coefficient (Wildman–Crippen LogP) is 3.81. The van der Waals surface area contributed by atoms with E-state index in [-0.39, 0.29) is 0 Å². The van der Waals surface area contributed by atoms with Crippen LogP contribution in [0, 0.1) is 0 Å². The Balaban J connectivity index is 2.38. The lowest BCUT2D eigenvalue weighted by Gasteiger charge is -2.09. The number of aromatic nitrogens is 2. The summed E-state index contributed by atoms with van der Waals surface area (Å²) in [5.74, 6) is 0.418. The molecule has 4 heteroatoms. The van der Waals surface area contributed by atoms with Gasteiger partial charge in [-0.15, -0.1) is 0 Å². The molecule has 96 valence electrons. The topological polar surface area (TPSA) is 38.0 Å². The average Bonchev–Trinajstić information content (AvgIpc) is 2.78. The van der Waals surface area contributed by atoms with Crippen molar-refractivity contribution in [1.82, 2.24) is 9.78 Å². The molecule has 0 aliphatic heterocycles. The van der Waals surface area contributed by atoms with Crippen molar-refractivity contribution in [2.24, 2.45) is 0 Å². The molecular formula is C14H17BrN2O. The van der Waals surface area contributed by atoms with Gasteiger partial charge >= 0.3 is 0 Å². The van der Waals surface area contributed by atoms with Crippen LogP contribution in [-0.2, 0) is 0 Å². The van der Waals surface area contributed by atoms with Gasteiger partial charge in [-0.05, 0) is 52.5 Å². The summed E-state index contributed by atoms with van der Waals surface area (Å²) in [7, 11) is 0. The van der Waals surface area contributed by atoms with Crippen LogP contribution in [0.25, 0.3) is 5.69 Å². The first-order valence-electron chi connectivity index (χ1n) is 6.02. The number of halogens is 1. The molecule has 0 fully saturated rings. The molecule has 1 atom stereocenters. The maximum Gasteiger partial charge on any atom is 0.0787 e. The molecule has 0 amide bonds. The quantitative estimate of drug-likeness (QED) is 0.936. The van der Waals surface area contributed by atoms with Crippen LogP contribution in [0.4, 0.5) is 0 Å². The summed E-state index contributed by atoms with van der Waals surface area (Å²) >= 11 is 3.53. The SMILES string of the molecule is CC(C)c1ccn(-c2ccc(C(C)O)cc2Br)n1. The van der Waals surface area contributed by atoms with E-state index in [0.29, 0.717) is 5.92 Å². The summed E-state index contributed by atoms with van der Waals surface area (Å²) in [6.45, 7) is 6.00. The highest BCUT2D eigenvalue weighted by Crippen LogP contribution is 2.25. The molecule has 0 saturated heterocycles. The van der Waals surface area contributed by atoms with E-state index in [1.807, 2.05) is 35.1 Å². The summed E-state index contributed by atoms with van der Waals surface area (Å²) in [6, 6.07) is 7.83. The highest BCUT2D eigenvalue weighted by Gasteiger charge is 2.09. The van der Waals surface area contributed by atoms with Crippen molar-refractivity contribution in [1.29, 1.82) is 0 Å². The molecule has 1 aromatic heterocycles. The highest BCUT2D eigenvalue weighted by molar-refractivity contribution is 9.10. The van der Waals surface area contributed by atoms with Crippen molar-refractivity contribution in [3.63, 3.8) is 0 Å². The van der Waals surface area contributed by atoms with Crippen molar-refractivity contribution in [2.75, 3.05) is 0 Å². The van der Waals surface area contributed by atoms with Crippen molar-refractivity contribution in [2.45, 2.75) is 32.8 Å². The van der Waals surface area contributed by atoms with Crippen molar-refractivity contribution < 1.29 is 5.11 Å². The molecule has 3 nitrogen and oxygen atoms in total. The van der Waals surface area contributed by atoms with Crippen LogP contribution in [0.1, 0.15) is 44.1 Å². The van der Waals surface area contributed by atoms with E-state index < -0.39 is 6.10 Å². The molecule has 2 rings (SSSR count). The van der Waals surface area contributed by atoms with Gasteiger partial charge in [0.2, 0.25) is 0 Å². The molecule has 0 radical (unpaired) electrons. The van der Waals surface area contributed by atoms with E-state index in [0.717, 1.165) is 21.4 Å². The Hall–Kier alpha value is -1.13. The minimum absolute atomic E-state index is 0.418. The molecule has 1 aromatic carbocycles. The zero-order valence-corrected chi connectivity index (χ0v) is 12.3. The van der Waals surface area contributed by atoms with Crippen LogP contribution in [0.5, 0.6) is 0 Å². The Morgan fingerprint density at radius 1 is 1.22 bits per heavy atom. The van der Waals surface area contributed by atoms with Gasteiger partial charge in [-0.25, -0.2) is 4.68 Å². The smallest absolute Gasteiger partial charge is 0.0787 e. The van der Waals surface area contributed by atoms with Crippen LogP contribution in [0.3, 0.4) is 0 Å². The third-order valence-electron chi connectivity index (χ3n) is 2.90. The first-order valence-corrected chi connectivity index (χ1v) is 6.82. The summed E-state index contributed by atoms with van der Waals surface area (Å²) in [4.78, 5) is 0. The van der Waals surface area contributed by atoms with Gasteiger partial charge in [-0.1, -0.05) is 19.9 Å². The third-order valence-corrected chi connectivity index (χ3v) is 3.54. The minimum atomic E-state index is -0.459. The first kappa shape index (κ1) is 13.3. The van der Waals surface area contributed by atoms with E-state index in [9.17, 15) is 5.11 Å². The van der Waals surface area contributed by atoms with E-state index in [4.69, 9.17) is 0 Å². The largest absolute Gasteiger partial charge is 0.389 e. The van der Waals surface area contributed by atoms with Gasteiger partial charge in [0.05, 0.1) is 17.5 Å². The van der Waals surface area contributed by atoms with Gasteiger partial charge < -0.3 is 5.11 Å². The van der Waals surface area contributed by atoms with E-state index in [2.05, 4.69) is 34.9 Å². The molecule has 0 saturated carbocycles. The fourth-order valence-electron chi connectivity index (χ4n) is 1.75. The zero-order chi connectivity index (χ0) is 13.3. The number of hydrogen-bond acceptors (Lipinski definition) is 2. The normalized spacial score (nSPS) is 13.0. The molecule has 0 aliphatic rings. The van der Waals surface area contributed by atoms with Crippen molar-refractivity contribution in [3.8, 4) is 5.69 Å². The van der Waals surface area contributed by atoms with E-state index in [1.165, 1.54) is 0 Å². The van der Waals surface area contributed by atoms with E-state index >= 15 is 0 Å². The third kappa shape index (κ3) is 2.65. The number of benzene rings is 1. The highest BCUT2D eigenvalue weighted by atomic mass is 79.9. The Kier molecular flexibility index (Phi) is 3.88. The van der Waals surface area contributed by atoms with Gasteiger partial charge in [-0.2, -0.15) is 5.10 Å². The predicted molar refractivity (Wildman–Crippen MR) is 76.0 cm³/mol. The van der Waals surface area contributed by atoms with Gasteiger partial charge in [0.25, 0.3) is 0 Å². The zero-order valence-electron chi connectivity index (χ0n) is 10.8. The number of rotatable bonds is 3. The molecule has 18 heavy (non-hydrogen) atoms. The summed E-state index contributed by atoms with van der Waals surface area (Å²) < 4.78 is 2.78. The van der Waals surface area contributed by atoms with Gasteiger partial charge in [0.1, 0.15) is 0 Å². The molecule has 2 aromatic rings. The fraction of sp³-hybridized carbons (Fsp3) is 0.357. The maximum atomic E-state index is 9.54. The van der Waals surface area contributed by atoms with Gasteiger partial charge in [-0.3, -0.25) is 0 Å². The molecule has 0 aliphatic carbocycles. The lowest BCUT2D eigenvalue weighted by atomic mass is 10.1. The second-order valence-electron chi connectivity index (χ2n) is 4.73. The Bertz CT molecular complexity index is 546. The lowest BCUT2D eigenvalue weighted by Crippen LogP contribution is -2.00. The average molecular weight is 309 g/mol. The summed E-state index contributed by atoms with van der Waals surface area (Å²) in [5.41, 5.74) is 2.94. The van der Waals surface area contributed by atoms with Gasteiger partial charge in [0.15, 0.2) is 0 Å². The van der Waals surface area contributed by atoms with E-state index in [1.54, 1.807) is 6.92 Å². The molecule has 1 unspecified atom stereocenters. The summed E-state index contributed by atoms with van der Waals surface area (Å²) in [6.07, 6.45) is 1.50. The molecule has 0 bridgehead atoms. The molecule has 1 heterocycles. The maximum absolute atomic E-state index is 9.54. The number of hydrogen-bond donors (Lipinski definition) is 1. The first-order chi connectivity index (χ1) is 8.49. The monoisotopic (exact) mass is 308 g/mol. The van der Waals surface area contributed by atoms with Crippen molar-refractivity contribution >= 4 is 15.9 Å². The minimum Gasteiger partial charge on any atom is -0.389 e. The Labute approximate surface area is 116 Å². The van der Waals surface area contributed by atoms with Crippen LogP contribution in [0.2, 0.25) is 0 Å². The lowest BCUT2D eigenvalue weighted by molar-refractivity contribution is 0.199. The second-order valence-corrected chi connectivity index (χ2v) is 5.58. The van der Waals surface area contributed by atoms with Crippen LogP contribution >= 0.6 is 15.9 Å². The van der Waals surface area contributed by atoms with Gasteiger partial charge in [0, 0.05) is 10.7 Å². The standard InChI is InChI=1S/C14H17BrN2O/c1-9(2)13-6-7-17(16-13)14-5-4-11(10(3)18)8-12(14)15/h4-10,18H,1-3H3. The van der Waals surface area contributed by atoms with Crippen LogP contribution in [-0.4, -0.2) is 14.9 Å². The van der Waals surface area contributed by atoms with Crippen LogP contribution in [0.15, 0.2) is 34.9 Å². The number of nitrogens with zero attached hydrogens (tertiary/aromatic N) is 2. The van der Waals surface area contributed by atoms with Crippen LogP contribution < -0.4 is 0 Å². The second kappa shape index (κ2) is 5.24. The fourth-order valence-corrected chi connectivity index (χ4v) is 2.33. The molecule has 0 spiro atoms.